The number of para-hydroxylation sites is 2. The van der Waals surface area contributed by atoms with Crippen LogP contribution in [-0.4, -0.2) is 54.8 Å². The van der Waals surface area contributed by atoms with Crippen LogP contribution in [0.15, 0.2) is 102 Å². The number of ether oxygens (including phenoxy) is 1. The number of aromatic nitrogens is 1. The molecule has 0 radical (unpaired) electrons. The van der Waals surface area contributed by atoms with Gasteiger partial charge in [-0.15, -0.1) is 0 Å². The second-order valence-corrected chi connectivity index (χ2v) is 12.2. The average molecular weight is 570 g/mol. The van der Waals surface area contributed by atoms with E-state index in [1.807, 2.05) is 72.9 Å². The van der Waals surface area contributed by atoms with Crippen molar-refractivity contribution in [2.75, 3.05) is 20.2 Å². The first-order chi connectivity index (χ1) is 19.8. The summed E-state index contributed by atoms with van der Waals surface area (Å²) in [6.45, 7) is 4.04. The normalized spacial score (nSPS) is 11.9. The summed E-state index contributed by atoms with van der Waals surface area (Å²) in [6, 6.07) is 27.9. The number of methoxy groups -OCH3 is 1. The molecule has 7 nitrogen and oxygen atoms in total. The van der Waals surface area contributed by atoms with E-state index in [2.05, 4.69) is 11.1 Å². The van der Waals surface area contributed by atoms with Gasteiger partial charge in [0.05, 0.1) is 18.6 Å². The number of nitrogens with zero attached hydrogens (tertiary/aromatic N) is 2. The molecular weight excluding hydrogens is 534 g/mol. The topological polar surface area (TPSA) is 82.7 Å². The van der Waals surface area contributed by atoms with Gasteiger partial charge in [-0.2, -0.15) is 4.31 Å². The number of carbonyl (C=O) groups excluding carboxylic acids is 1. The van der Waals surface area contributed by atoms with E-state index in [1.54, 1.807) is 44.1 Å². The number of amides is 1. The molecule has 1 N–H and O–H groups in total. The maximum Gasteiger partial charge on any atom is 0.244 e. The molecule has 0 aliphatic carbocycles. The summed E-state index contributed by atoms with van der Waals surface area (Å²) in [5.74, 6) is 0.412. The lowest BCUT2D eigenvalue weighted by atomic mass is 10.1. The molecule has 0 aliphatic rings. The highest BCUT2D eigenvalue weighted by atomic mass is 32.2. The first-order valence-electron chi connectivity index (χ1n) is 13.7. The molecule has 5 aromatic rings. The molecule has 5 rings (SSSR count). The number of fused-ring (bicyclic) bond motifs is 2. The quantitative estimate of drug-likeness (QED) is 0.212. The second-order valence-electron chi connectivity index (χ2n) is 10.4. The number of hydrogen-bond acceptors (Lipinski definition) is 4. The van der Waals surface area contributed by atoms with Gasteiger partial charge in [-0.05, 0) is 49.4 Å². The van der Waals surface area contributed by atoms with Crippen molar-refractivity contribution >= 4 is 37.6 Å². The Labute approximate surface area is 241 Å². The van der Waals surface area contributed by atoms with Gasteiger partial charge in [-0.1, -0.05) is 72.8 Å². The zero-order chi connectivity index (χ0) is 29.0. The molecule has 1 amide bonds. The molecule has 0 fully saturated rings. The number of benzene rings is 4. The van der Waals surface area contributed by atoms with Crippen LogP contribution in [0.4, 0.5) is 0 Å². The number of carbonyl (C=O) groups is 1. The third kappa shape index (κ3) is 5.99. The van der Waals surface area contributed by atoms with Crippen molar-refractivity contribution in [1.82, 2.24) is 14.2 Å². The van der Waals surface area contributed by atoms with Gasteiger partial charge in [0, 0.05) is 47.2 Å². The predicted octanol–water partition coefficient (Wildman–Crippen LogP) is 6.00. The highest BCUT2D eigenvalue weighted by Crippen LogP contribution is 2.28. The van der Waals surface area contributed by atoms with Gasteiger partial charge in [0.15, 0.2) is 0 Å². The minimum Gasteiger partial charge on any atom is -0.496 e. The van der Waals surface area contributed by atoms with Crippen LogP contribution in [-0.2, 0) is 27.8 Å². The van der Waals surface area contributed by atoms with Crippen LogP contribution < -0.4 is 4.74 Å². The predicted molar refractivity (Wildman–Crippen MR) is 163 cm³/mol. The fourth-order valence-corrected chi connectivity index (χ4v) is 7.05. The summed E-state index contributed by atoms with van der Waals surface area (Å²) < 4.78 is 34.9. The van der Waals surface area contributed by atoms with E-state index in [0.29, 0.717) is 30.6 Å². The maximum absolute atomic E-state index is 14.0. The van der Waals surface area contributed by atoms with Gasteiger partial charge in [-0.3, -0.25) is 4.79 Å². The first kappa shape index (κ1) is 28.4. The molecule has 0 atom stereocenters. The Bertz CT molecular complexity index is 1770. The van der Waals surface area contributed by atoms with Crippen LogP contribution in [0.2, 0.25) is 0 Å². The maximum atomic E-state index is 14.0. The summed E-state index contributed by atoms with van der Waals surface area (Å²) >= 11 is 0. The second kappa shape index (κ2) is 12.2. The van der Waals surface area contributed by atoms with Crippen molar-refractivity contribution in [3.63, 3.8) is 0 Å². The number of H-pyrrole nitrogens is 1. The monoisotopic (exact) mass is 569 g/mol. The third-order valence-corrected chi connectivity index (χ3v) is 9.52. The lowest BCUT2D eigenvalue weighted by Crippen LogP contribution is -2.46. The molecule has 0 saturated carbocycles. The number of hydrogen-bond donors (Lipinski definition) is 1. The van der Waals surface area contributed by atoms with Crippen molar-refractivity contribution in [3.8, 4) is 5.75 Å². The van der Waals surface area contributed by atoms with Gasteiger partial charge in [0.1, 0.15) is 5.75 Å². The molecule has 0 aliphatic heterocycles. The molecule has 8 heteroatoms. The lowest BCUT2D eigenvalue weighted by molar-refractivity contribution is -0.132. The summed E-state index contributed by atoms with van der Waals surface area (Å²) in [4.78, 5) is 19.2. The minimum absolute atomic E-state index is 0.201. The van der Waals surface area contributed by atoms with Gasteiger partial charge in [-0.25, -0.2) is 8.42 Å². The van der Waals surface area contributed by atoms with Gasteiger partial charge in [0.25, 0.3) is 0 Å². The van der Waals surface area contributed by atoms with E-state index >= 15 is 0 Å². The lowest BCUT2D eigenvalue weighted by Gasteiger charge is -2.30. The van der Waals surface area contributed by atoms with Crippen LogP contribution in [0.5, 0.6) is 5.75 Å². The van der Waals surface area contributed by atoms with Crippen LogP contribution >= 0.6 is 0 Å². The molecular formula is C33H35N3O4S. The van der Waals surface area contributed by atoms with Crippen LogP contribution in [0, 0.1) is 0 Å². The Morgan fingerprint density at radius 2 is 1.54 bits per heavy atom. The highest BCUT2D eigenvalue weighted by molar-refractivity contribution is 7.89. The first-order valence-corrected chi connectivity index (χ1v) is 15.2. The Hall–Kier alpha value is -4.14. The summed E-state index contributed by atoms with van der Waals surface area (Å²) in [5, 5.41) is 2.58. The highest BCUT2D eigenvalue weighted by Gasteiger charge is 2.32. The van der Waals surface area contributed by atoms with Gasteiger partial charge < -0.3 is 14.6 Å². The van der Waals surface area contributed by atoms with Crippen LogP contribution in [0.25, 0.3) is 21.7 Å². The fourth-order valence-electron chi connectivity index (χ4n) is 5.25. The summed E-state index contributed by atoms with van der Waals surface area (Å²) in [5.41, 5.74) is 3.00. The van der Waals surface area contributed by atoms with Crippen molar-refractivity contribution in [2.45, 2.75) is 37.8 Å². The molecule has 212 valence electrons. The van der Waals surface area contributed by atoms with Crippen LogP contribution in [0.3, 0.4) is 0 Å². The number of nitrogens with one attached hydrogen (secondary N) is 1. The largest absolute Gasteiger partial charge is 0.496 e. The Kier molecular flexibility index (Phi) is 8.42. The smallest absolute Gasteiger partial charge is 0.244 e. The molecule has 1 aromatic heterocycles. The number of aromatic amines is 1. The molecule has 0 bridgehead atoms. The average Bonchev–Trinajstić information content (AvgIpc) is 3.40. The molecule has 4 aromatic carbocycles. The van der Waals surface area contributed by atoms with E-state index in [1.165, 1.54) is 4.31 Å². The van der Waals surface area contributed by atoms with E-state index in [0.717, 1.165) is 27.4 Å². The zero-order valence-corrected chi connectivity index (χ0v) is 24.4. The summed E-state index contributed by atoms with van der Waals surface area (Å²) in [6.07, 6.45) is 2.59. The SMILES string of the molecule is COc1ccccc1CN(CCc1c[nH]c2ccccc12)C(=O)CN(C(C)C)S(=O)(=O)c1cccc2ccccc12. The van der Waals surface area contributed by atoms with E-state index in [-0.39, 0.29) is 17.3 Å². The number of rotatable bonds is 11. The molecule has 0 spiro atoms. The van der Waals surface area contributed by atoms with Crippen LogP contribution in [0.1, 0.15) is 25.0 Å². The van der Waals surface area contributed by atoms with E-state index < -0.39 is 16.1 Å². The summed E-state index contributed by atoms with van der Waals surface area (Å²) in [7, 11) is -2.37. The van der Waals surface area contributed by atoms with Gasteiger partial charge in [0.2, 0.25) is 15.9 Å². The van der Waals surface area contributed by atoms with Crippen molar-refractivity contribution < 1.29 is 17.9 Å². The zero-order valence-electron chi connectivity index (χ0n) is 23.6. The molecule has 1 heterocycles. The van der Waals surface area contributed by atoms with Crippen molar-refractivity contribution in [1.29, 1.82) is 0 Å². The fraction of sp³-hybridized carbons (Fsp3) is 0.242. The Morgan fingerprint density at radius 1 is 0.854 bits per heavy atom. The standard InChI is InChI=1S/C33H35N3O4S/c1-24(2)36(41(38,39)32-18-10-13-25-11-4-6-15-29(25)32)23-33(37)35(22-27-12-5-9-17-31(27)40-3)20-19-26-21-34-30-16-8-7-14-28(26)30/h4-18,21,24,34H,19-20,22-23H2,1-3H3. The molecule has 0 unspecified atom stereocenters. The van der Waals surface area contributed by atoms with Crippen molar-refractivity contribution in [2.24, 2.45) is 0 Å². The Morgan fingerprint density at radius 3 is 2.32 bits per heavy atom. The third-order valence-electron chi connectivity index (χ3n) is 7.44. The minimum atomic E-state index is -3.97. The van der Waals surface area contributed by atoms with Crippen molar-refractivity contribution in [3.05, 3.63) is 108 Å². The molecule has 41 heavy (non-hydrogen) atoms. The Balaban J connectivity index is 1.45. The van der Waals surface area contributed by atoms with Gasteiger partial charge >= 0.3 is 0 Å². The van der Waals surface area contributed by atoms with E-state index in [4.69, 9.17) is 4.74 Å². The van der Waals surface area contributed by atoms with E-state index in [9.17, 15) is 13.2 Å². The number of sulfonamides is 1. The molecule has 0 saturated heterocycles.